The summed E-state index contributed by atoms with van der Waals surface area (Å²) in [6, 6.07) is 5.51. The minimum Gasteiger partial charge on any atom is -0.316 e. The van der Waals surface area contributed by atoms with Gasteiger partial charge in [-0.2, -0.15) is 0 Å². The molecule has 0 saturated carbocycles. The number of benzene rings is 1. The van der Waals surface area contributed by atoms with E-state index in [2.05, 4.69) is 26.1 Å². The molecule has 1 heterocycles. The summed E-state index contributed by atoms with van der Waals surface area (Å²) < 4.78 is 13.9. The number of likely N-dealkylation sites (tertiary alicyclic amines) is 1. The number of hydrogen-bond donors (Lipinski definition) is 1. The Morgan fingerprint density at radius 2 is 2.35 bits per heavy atom. The van der Waals surface area contributed by atoms with Gasteiger partial charge in [0.15, 0.2) is 0 Å². The fourth-order valence-corrected chi connectivity index (χ4v) is 2.80. The van der Waals surface area contributed by atoms with Crippen LogP contribution < -0.4 is 5.32 Å². The maximum Gasteiger partial charge on any atom is 0.124 e. The third-order valence-electron chi connectivity index (χ3n) is 3.32. The van der Waals surface area contributed by atoms with Crippen LogP contribution in [0.2, 0.25) is 0 Å². The van der Waals surface area contributed by atoms with Crippen molar-refractivity contribution in [1.82, 2.24) is 10.2 Å². The van der Waals surface area contributed by atoms with Crippen LogP contribution in [0.1, 0.15) is 18.4 Å². The fourth-order valence-electron chi connectivity index (χ4n) is 2.33. The first-order valence-corrected chi connectivity index (χ1v) is 6.82. The molecule has 0 amide bonds. The van der Waals surface area contributed by atoms with Crippen molar-refractivity contribution >= 4 is 15.9 Å². The molecule has 1 saturated heterocycles. The Morgan fingerprint density at radius 1 is 1.53 bits per heavy atom. The average molecular weight is 301 g/mol. The van der Waals surface area contributed by atoms with Gasteiger partial charge in [0.25, 0.3) is 0 Å². The number of piperidine rings is 1. The van der Waals surface area contributed by atoms with E-state index in [0.29, 0.717) is 6.04 Å². The summed E-state index contributed by atoms with van der Waals surface area (Å²) in [6.45, 7) is 3.08. The molecular formula is C13H18BrFN2. The molecule has 1 aliphatic rings. The molecule has 2 nitrogen and oxygen atoms in total. The SMILES string of the molecule is CNC1CCCN(Cc2ccc(F)cc2Br)C1. The first-order chi connectivity index (χ1) is 8.19. The quantitative estimate of drug-likeness (QED) is 0.923. The number of likely N-dealkylation sites (N-methyl/N-ethyl adjacent to an activating group) is 1. The van der Waals surface area contributed by atoms with Crippen LogP contribution in [-0.2, 0) is 6.54 Å². The number of hydrogen-bond acceptors (Lipinski definition) is 2. The van der Waals surface area contributed by atoms with Gasteiger partial charge in [-0.25, -0.2) is 4.39 Å². The highest BCUT2D eigenvalue weighted by atomic mass is 79.9. The minimum atomic E-state index is -0.188. The predicted octanol–water partition coefficient (Wildman–Crippen LogP) is 2.77. The molecule has 1 atom stereocenters. The lowest BCUT2D eigenvalue weighted by molar-refractivity contribution is 0.187. The third-order valence-corrected chi connectivity index (χ3v) is 4.06. The Morgan fingerprint density at radius 3 is 3.06 bits per heavy atom. The summed E-state index contributed by atoms with van der Waals surface area (Å²) in [4.78, 5) is 2.42. The number of rotatable bonds is 3. The second-order valence-electron chi connectivity index (χ2n) is 4.60. The average Bonchev–Trinajstić information content (AvgIpc) is 2.33. The van der Waals surface area contributed by atoms with Gasteiger partial charge in [0.1, 0.15) is 5.82 Å². The van der Waals surface area contributed by atoms with Gasteiger partial charge in [0.2, 0.25) is 0 Å². The van der Waals surface area contributed by atoms with Crippen molar-refractivity contribution in [3.63, 3.8) is 0 Å². The second-order valence-corrected chi connectivity index (χ2v) is 5.45. The summed E-state index contributed by atoms with van der Waals surface area (Å²) in [5, 5.41) is 3.33. The van der Waals surface area contributed by atoms with Crippen LogP contribution in [0.15, 0.2) is 22.7 Å². The molecule has 4 heteroatoms. The van der Waals surface area contributed by atoms with Crippen LogP contribution in [0.5, 0.6) is 0 Å². The molecule has 0 radical (unpaired) electrons. The molecule has 1 unspecified atom stereocenters. The smallest absolute Gasteiger partial charge is 0.124 e. The molecule has 1 fully saturated rings. The summed E-state index contributed by atoms with van der Waals surface area (Å²) in [5.41, 5.74) is 1.16. The van der Waals surface area contributed by atoms with E-state index in [0.717, 1.165) is 29.7 Å². The first-order valence-electron chi connectivity index (χ1n) is 6.02. The number of nitrogens with one attached hydrogen (secondary N) is 1. The normalized spacial score (nSPS) is 21.7. The van der Waals surface area contributed by atoms with Crippen molar-refractivity contribution in [2.75, 3.05) is 20.1 Å². The third kappa shape index (κ3) is 3.50. The van der Waals surface area contributed by atoms with Crippen LogP contribution in [0, 0.1) is 5.82 Å². The van der Waals surface area contributed by atoms with Crippen molar-refractivity contribution in [2.24, 2.45) is 0 Å². The van der Waals surface area contributed by atoms with Gasteiger partial charge in [0.05, 0.1) is 0 Å². The molecule has 17 heavy (non-hydrogen) atoms. The molecule has 1 aliphatic heterocycles. The maximum absolute atomic E-state index is 13.0. The largest absolute Gasteiger partial charge is 0.316 e. The highest BCUT2D eigenvalue weighted by Crippen LogP contribution is 2.21. The van der Waals surface area contributed by atoms with E-state index >= 15 is 0 Å². The van der Waals surface area contributed by atoms with Gasteiger partial charge in [-0.15, -0.1) is 0 Å². The van der Waals surface area contributed by atoms with Crippen LogP contribution in [-0.4, -0.2) is 31.1 Å². The van der Waals surface area contributed by atoms with Gasteiger partial charge in [0, 0.05) is 23.6 Å². The van der Waals surface area contributed by atoms with E-state index in [1.54, 1.807) is 0 Å². The Bertz CT molecular complexity index is 384. The maximum atomic E-state index is 13.0. The molecule has 94 valence electrons. The van der Waals surface area contributed by atoms with Crippen molar-refractivity contribution in [3.8, 4) is 0 Å². The molecule has 1 aromatic carbocycles. The molecule has 0 spiro atoms. The lowest BCUT2D eigenvalue weighted by Crippen LogP contribution is -2.43. The van der Waals surface area contributed by atoms with Crippen molar-refractivity contribution < 1.29 is 4.39 Å². The van der Waals surface area contributed by atoms with Crippen LogP contribution in [0.4, 0.5) is 4.39 Å². The van der Waals surface area contributed by atoms with E-state index in [1.807, 2.05) is 13.1 Å². The lowest BCUT2D eigenvalue weighted by atomic mass is 10.1. The Kier molecular flexibility index (Phi) is 4.54. The minimum absolute atomic E-state index is 0.188. The van der Waals surface area contributed by atoms with Crippen LogP contribution in [0.25, 0.3) is 0 Å². The first kappa shape index (κ1) is 13.0. The second kappa shape index (κ2) is 5.94. The van der Waals surface area contributed by atoms with Crippen molar-refractivity contribution in [2.45, 2.75) is 25.4 Å². The molecule has 0 bridgehead atoms. The molecule has 1 aromatic rings. The Hall–Kier alpha value is -0.450. The molecule has 0 aliphatic carbocycles. The Labute approximate surface area is 110 Å². The molecule has 0 aromatic heterocycles. The molecular weight excluding hydrogens is 283 g/mol. The molecule has 2 rings (SSSR count). The van der Waals surface area contributed by atoms with Crippen molar-refractivity contribution in [1.29, 1.82) is 0 Å². The highest BCUT2D eigenvalue weighted by Gasteiger charge is 2.18. The van der Waals surface area contributed by atoms with Crippen LogP contribution in [0.3, 0.4) is 0 Å². The van der Waals surface area contributed by atoms with Gasteiger partial charge in [-0.1, -0.05) is 22.0 Å². The zero-order valence-corrected chi connectivity index (χ0v) is 11.6. The summed E-state index contributed by atoms with van der Waals surface area (Å²) in [6.07, 6.45) is 2.47. The van der Waals surface area contributed by atoms with Gasteiger partial charge in [-0.05, 0) is 44.1 Å². The van der Waals surface area contributed by atoms with Crippen LogP contribution >= 0.6 is 15.9 Å². The lowest BCUT2D eigenvalue weighted by Gasteiger charge is -2.32. The zero-order chi connectivity index (χ0) is 12.3. The summed E-state index contributed by atoms with van der Waals surface area (Å²) >= 11 is 3.42. The van der Waals surface area contributed by atoms with Gasteiger partial charge in [-0.3, -0.25) is 4.90 Å². The van der Waals surface area contributed by atoms with Gasteiger partial charge < -0.3 is 5.32 Å². The summed E-state index contributed by atoms with van der Waals surface area (Å²) in [7, 11) is 2.02. The van der Waals surface area contributed by atoms with E-state index < -0.39 is 0 Å². The summed E-state index contributed by atoms with van der Waals surface area (Å²) in [5.74, 6) is -0.188. The molecule has 1 N–H and O–H groups in total. The van der Waals surface area contributed by atoms with E-state index in [1.165, 1.54) is 25.0 Å². The monoisotopic (exact) mass is 300 g/mol. The number of halogens is 2. The standard InChI is InChI=1S/C13H18BrFN2/c1-16-12-3-2-6-17(9-12)8-10-4-5-11(15)7-13(10)14/h4-5,7,12,16H,2-3,6,8-9H2,1H3. The fraction of sp³-hybridized carbons (Fsp3) is 0.538. The Balaban J connectivity index is 2.00. The van der Waals surface area contributed by atoms with E-state index in [4.69, 9.17) is 0 Å². The number of nitrogens with zero attached hydrogens (tertiary/aromatic N) is 1. The zero-order valence-electron chi connectivity index (χ0n) is 10.0. The predicted molar refractivity (Wildman–Crippen MR) is 71.5 cm³/mol. The van der Waals surface area contributed by atoms with E-state index in [-0.39, 0.29) is 5.82 Å². The van der Waals surface area contributed by atoms with Gasteiger partial charge >= 0.3 is 0 Å². The highest BCUT2D eigenvalue weighted by molar-refractivity contribution is 9.10. The topological polar surface area (TPSA) is 15.3 Å². The van der Waals surface area contributed by atoms with Crippen molar-refractivity contribution in [3.05, 3.63) is 34.1 Å². The van der Waals surface area contributed by atoms with E-state index in [9.17, 15) is 4.39 Å².